The van der Waals surface area contributed by atoms with Gasteiger partial charge in [0.2, 0.25) is 0 Å². The molecule has 0 saturated carbocycles. The molecule has 0 unspecified atom stereocenters. The monoisotopic (exact) mass is 169 g/mol. The SMILES string of the molecule is Nc1cc2c(c3ccccc13)N=N2. The molecule has 0 saturated heterocycles. The van der Waals surface area contributed by atoms with E-state index in [4.69, 9.17) is 5.73 Å². The average Bonchev–Trinajstić information content (AvgIpc) is 2.11. The Morgan fingerprint density at radius 1 is 1.00 bits per heavy atom. The predicted molar refractivity (Wildman–Crippen MR) is 52.5 cm³/mol. The van der Waals surface area contributed by atoms with Gasteiger partial charge in [-0.05, 0) is 6.07 Å². The summed E-state index contributed by atoms with van der Waals surface area (Å²) < 4.78 is 0. The maximum absolute atomic E-state index is 5.86. The van der Waals surface area contributed by atoms with Crippen molar-refractivity contribution in [3.63, 3.8) is 0 Å². The molecule has 2 aromatic rings. The molecule has 3 heteroatoms. The van der Waals surface area contributed by atoms with Crippen molar-refractivity contribution in [1.29, 1.82) is 0 Å². The van der Waals surface area contributed by atoms with Crippen LogP contribution in [0.15, 0.2) is 40.6 Å². The second-order valence-electron chi connectivity index (χ2n) is 3.08. The number of benzene rings is 2. The van der Waals surface area contributed by atoms with E-state index in [1.165, 1.54) is 0 Å². The Morgan fingerprint density at radius 2 is 1.77 bits per heavy atom. The van der Waals surface area contributed by atoms with Crippen molar-refractivity contribution in [2.45, 2.75) is 0 Å². The van der Waals surface area contributed by atoms with Crippen molar-refractivity contribution in [2.75, 3.05) is 5.73 Å². The Labute approximate surface area is 74.9 Å². The highest BCUT2D eigenvalue weighted by Gasteiger charge is 2.14. The minimum absolute atomic E-state index is 0.771. The van der Waals surface area contributed by atoms with Crippen LogP contribution in [-0.4, -0.2) is 0 Å². The number of nitrogens with zero attached hydrogens (tertiary/aromatic N) is 2. The van der Waals surface area contributed by atoms with Gasteiger partial charge >= 0.3 is 0 Å². The zero-order valence-electron chi connectivity index (χ0n) is 6.86. The molecule has 2 aromatic carbocycles. The van der Waals surface area contributed by atoms with Gasteiger partial charge in [0.05, 0.1) is 0 Å². The minimum Gasteiger partial charge on any atom is -0.398 e. The average molecular weight is 169 g/mol. The Kier molecular flexibility index (Phi) is 1.05. The summed E-state index contributed by atoms with van der Waals surface area (Å²) in [6.45, 7) is 0. The lowest BCUT2D eigenvalue weighted by molar-refractivity contribution is 1.16. The van der Waals surface area contributed by atoms with Crippen LogP contribution in [0.5, 0.6) is 0 Å². The molecule has 62 valence electrons. The highest BCUT2D eigenvalue weighted by Crippen LogP contribution is 2.45. The van der Waals surface area contributed by atoms with Crippen LogP contribution in [0.25, 0.3) is 10.8 Å². The third kappa shape index (κ3) is 0.731. The lowest BCUT2D eigenvalue weighted by Crippen LogP contribution is -1.89. The zero-order chi connectivity index (χ0) is 8.84. The fourth-order valence-electron chi connectivity index (χ4n) is 1.61. The largest absolute Gasteiger partial charge is 0.398 e. The van der Waals surface area contributed by atoms with E-state index < -0.39 is 0 Å². The molecule has 1 aliphatic rings. The van der Waals surface area contributed by atoms with Gasteiger partial charge in [0.15, 0.2) is 0 Å². The number of rotatable bonds is 0. The first-order chi connectivity index (χ1) is 6.36. The molecule has 0 spiro atoms. The van der Waals surface area contributed by atoms with E-state index in [0.717, 1.165) is 27.8 Å². The van der Waals surface area contributed by atoms with Crippen LogP contribution in [0, 0.1) is 0 Å². The molecule has 3 nitrogen and oxygen atoms in total. The number of anilines is 1. The maximum Gasteiger partial charge on any atom is 0.121 e. The highest BCUT2D eigenvalue weighted by molar-refractivity contribution is 6.05. The van der Waals surface area contributed by atoms with Crippen molar-refractivity contribution in [3.05, 3.63) is 30.3 Å². The summed E-state index contributed by atoms with van der Waals surface area (Å²) in [6, 6.07) is 9.84. The fourth-order valence-corrected chi connectivity index (χ4v) is 1.61. The predicted octanol–water partition coefficient (Wildman–Crippen LogP) is 3.15. The first-order valence-electron chi connectivity index (χ1n) is 4.09. The Balaban J connectivity index is 2.55. The maximum atomic E-state index is 5.86. The van der Waals surface area contributed by atoms with Gasteiger partial charge in [-0.1, -0.05) is 24.3 Å². The first kappa shape index (κ1) is 6.60. The van der Waals surface area contributed by atoms with Crippen LogP contribution < -0.4 is 5.73 Å². The molecule has 0 atom stereocenters. The van der Waals surface area contributed by atoms with Gasteiger partial charge in [0.1, 0.15) is 11.4 Å². The smallest absolute Gasteiger partial charge is 0.121 e. The number of hydrogen-bond donors (Lipinski definition) is 1. The number of fused-ring (bicyclic) bond motifs is 3. The number of azo groups is 1. The Hall–Kier alpha value is -1.90. The van der Waals surface area contributed by atoms with E-state index in [2.05, 4.69) is 10.2 Å². The van der Waals surface area contributed by atoms with Gasteiger partial charge in [0.25, 0.3) is 0 Å². The van der Waals surface area contributed by atoms with E-state index >= 15 is 0 Å². The summed E-state index contributed by atoms with van der Waals surface area (Å²) in [5.74, 6) is 0. The summed E-state index contributed by atoms with van der Waals surface area (Å²) in [6.07, 6.45) is 0. The van der Waals surface area contributed by atoms with E-state index in [9.17, 15) is 0 Å². The summed E-state index contributed by atoms with van der Waals surface area (Å²) in [5, 5.41) is 10.0. The zero-order valence-corrected chi connectivity index (χ0v) is 6.86. The minimum atomic E-state index is 0.771. The molecule has 0 amide bonds. The molecular formula is C10H7N3. The van der Waals surface area contributed by atoms with Gasteiger partial charge in [-0.15, -0.1) is 10.2 Å². The van der Waals surface area contributed by atoms with Crippen LogP contribution >= 0.6 is 0 Å². The topological polar surface area (TPSA) is 50.7 Å². The molecule has 0 fully saturated rings. The summed E-state index contributed by atoms with van der Waals surface area (Å²) in [5.41, 5.74) is 8.49. The van der Waals surface area contributed by atoms with Crippen molar-refractivity contribution in [3.8, 4) is 0 Å². The summed E-state index contributed by atoms with van der Waals surface area (Å²) >= 11 is 0. The lowest BCUT2D eigenvalue weighted by Gasteiger charge is -2.12. The van der Waals surface area contributed by atoms with Gasteiger partial charge in [-0.3, -0.25) is 0 Å². The second kappa shape index (κ2) is 2.07. The van der Waals surface area contributed by atoms with Crippen LogP contribution in [0.1, 0.15) is 0 Å². The number of nitrogen functional groups attached to an aromatic ring is 1. The Morgan fingerprint density at radius 3 is 2.46 bits per heavy atom. The molecule has 2 N–H and O–H groups in total. The molecule has 0 radical (unpaired) electrons. The van der Waals surface area contributed by atoms with Crippen LogP contribution in [0.3, 0.4) is 0 Å². The third-order valence-electron chi connectivity index (χ3n) is 2.29. The second-order valence-corrected chi connectivity index (χ2v) is 3.08. The summed E-state index contributed by atoms with van der Waals surface area (Å²) in [4.78, 5) is 0. The Bertz CT molecular complexity index is 529. The van der Waals surface area contributed by atoms with Gasteiger partial charge in [0, 0.05) is 16.5 Å². The molecule has 3 rings (SSSR count). The molecule has 1 heterocycles. The molecule has 13 heavy (non-hydrogen) atoms. The van der Waals surface area contributed by atoms with Gasteiger partial charge < -0.3 is 5.73 Å². The number of nitrogens with two attached hydrogens (primary N) is 1. The van der Waals surface area contributed by atoms with Crippen LogP contribution in [0.4, 0.5) is 17.1 Å². The molecule has 0 bridgehead atoms. The van der Waals surface area contributed by atoms with E-state index in [1.807, 2.05) is 30.3 Å². The van der Waals surface area contributed by atoms with Crippen molar-refractivity contribution in [2.24, 2.45) is 10.2 Å². The quantitative estimate of drug-likeness (QED) is 0.516. The molecule has 1 aliphatic heterocycles. The van der Waals surface area contributed by atoms with Crippen molar-refractivity contribution >= 4 is 27.8 Å². The van der Waals surface area contributed by atoms with Crippen molar-refractivity contribution in [1.82, 2.24) is 0 Å². The van der Waals surface area contributed by atoms with E-state index in [1.54, 1.807) is 0 Å². The van der Waals surface area contributed by atoms with Crippen molar-refractivity contribution < 1.29 is 0 Å². The fraction of sp³-hybridized carbons (Fsp3) is 0. The van der Waals surface area contributed by atoms with Crippen LogP contribution in [-0.2, 0) is 0 Å². The third-order valence-corrected chi connectivity index (χ3v) is 2.29. The number of hydrogen-bond acceptors (Lipinski definition) is 3. The first-order valence-corrected chi connectivity index (χ1v) is 4.09. The highest BCUT2D eigenvalue weighted by atomic mass is 15.2. The van der Waals surface area contributed by atoms with E-state index in [0.29, 0.717) is 0 Å². The van der Waals surface area contributed by atoms with E-state index in [-0.39, 0.29) is 0 Å². The van der Waals surface area contributed by atoms with Gasteiger partial charge in [-0.25, -0.2) is 0 Å². The molecule has 0 aromatic heterocycles. The van der Waals surface area contributed by atoms with Gasteiger partial charge in [-0.2, -0.15) is 0 Å². The lowest BCUT2D eigenvalue weighted by atomic mass is 10.0. The normalized spacial score (nSPS) is 12.6. The standard InChI is InChI=1S/C10H7N3/c11-8-5-9-10(13-12-9)7-4-2-1-3-6(7)8/h1-5H,11H2. The van der Waals surface area contributed by atoms with Crippen LogP contribution in [0.2, 0.25) is 0 Å². The molecular weight excluding hydrogens is 162 g/mol. The summed E-state index contributed by atoms with van der Waals surface area (Å²) in [7, 11) is 0. The molecule has 0 aliphatic carbocycles.